The third-order valence-corrected chi connectivity index (χ3v) is 1.23. The molecule has 6 nitrogen and oxygen atoms in total. The Bertz CT molecular complexity index is 194. The predicted molar refractivity (Wildman–Crippen MR) is 37.9 cm³/mol. The quantitative estimate of drug-likeness (QED) is 0.280. The van der Waals surface area contributed by atoms with Gasteiger partial charge in [-0.2, -0.15) is 0 Å². The van der Waals surface area contributed by atoms with Gasteiger partial charge in [-0.05, 0) is 0 Å². The van der Waals surface area contributed by atoms with Gasteiger partial charge < -0.3 is 11.5 Å². The third-order valence-electron chi connectivity index (χ3n) is 1.23. The van der Waals surface area contributed by atoms with Gasteiger partial charge >= 0.3 is 0 Å². The number of allylic oxidation sites excluding steroid dienone is 1. The summed E-state index contributed by atoms with van der Waals surface area (Å²) in [5, 5.41) is 1.11. The minimum atomic E-state index is -0.618. The average molecular weight is 142 g/mol. The summed E-state index contributed by atoms with van der Waals surface area (Å²) in [5.74, 6) is 5.60. The first kappa shape index (κ1) is 6.84. The molecule has 0 amide bonds. The standard InChI is InChI=1S/C4H10N6/c5-2-1-9-4(7)10(8)3(2)6/h1,4H,5-8H2. The Hall–Kier alpha value is -1.27. The number of nitrogens with two attached hydrogens (primary N) is 4. The highest BCUT2D eigenvalue weighted by molar-refractivity contribution is 5.78. The third kappa shape index (κ3) is 0.893. The largest absolute Gasteiger partial charge is 0.395 e. The lowest BCUT2D eigenvalue weighted by molar-refractivity contribution is 0.263. The zero-order chi connectivity index (χ0) is 7.72. The van der Waals surface area contributed by atoms with Gasteiger partial charge in [-0.1, -0.05) is 0 Å². The molecule has 1 aliphatic rings. The summed E-state index contributed by atoms with van der Waals surface area (Å²) in [5.41, 5.74) is 16.5. The number of aliphatic imine (C=N–C) groups is 1. The molecule has 0 saturated heterocycles. The van der Waals surface area contributed by atoms with E-state index in [4.69, 9.17) is 23.0 Å². The average Bonchev–Trinajstić information content (AvgIpc) is 1.93. The van der Waals surface area contributed by atoms with Crippen LogP contribution in [-0.4, -0.2) is 17.5 Å². The van der Waals surface area contributed by atoms with E-state index in [1.807, 2.05) is 0 Å². The van der Waals surface area contributed by atoms with Gasteiger partial charge in [0.25, 0.3) is 0 Å². The molecule has 10 heavy (non-hydrogen) atoms. The molecule has 1 rings (SSSR count). The second-order valence-corrected chi connectivity index (χ2v) is 1.94. The van der Waals surface area contributed by atoms with E-state index in [1.54, 1.807) is 0 Å². The molecule has 1 atom stereocenters. The van der Waals surface area contributed by atoms with Crippen LogP contribution in [0, 0.1) is 0 Å². The first-order chi connectivity index (χ1) is 4.63. The minimum absolute atomic E-state index is 0.252. The van der Waals surface area contributed by atoms with Crippen LogP contribution in [-0.2, 0) is 0 Å². The number of hydrazine groups is 1. The molecule has 0 spiro atoms. The summed E-state index contributed by atoms with van der Waals surface area (Å²) >= 11 is 0. The molecule has 0 fully saturated rings. The number of nitrogens with zero attached hydrogens (tertiary/aromatic N) is 2. The summed E-state index contributed by atoms with van der Waals surface area (Å²) < 4.78 is 0. The highest BCUT2D eigenvalue weighted by Gasteiger charge is 2.15. The predicted octanol–water partition coefficient (Wildman–Crippen LogP) is -2.42. The molecule has 0 aromatic heterocycles. The van der Waals surface area contributed by atoms with Crippen molar-refractivity contribution in [2.24, 2.45) is 28.0 Å². The van der Waals surface area contributed by atoms with Crippen molar-refractivity contribution < 1.29 is 0 Å². The summed E-state index contributed by atoms with van der Waals surface area (Å²) in [6.07, 6.45) is 0.774. The lowest BCUT2D eigenvalue weighted by atomic mass is 10.4. The fourth-order valence-electron chi connectivity index (χ4n) is 0.586. The van der Waals surface area contributed by atoms with Crippen molar-refractivity contribution >= 4 is 6.21 Å². The summed E-state index contributed by atoms with van der Waals surface area (Å²) in [6.45, 7) is 0. The number of hydrogen-bond acceptors (Lipinski definition) is 6. The van der Waals surface area contributed by atoms with Crippen molar-refractivity contribution in [1.82, 2.24) is 5.01 Å². The maximum atomic E-state index is 5.40. The van der Waals surface area contributed by atoms with Crippen LogP contribution < -0.4 is 23.0 Å². The molecule has 0 bridgehead atoms. The Balaban J connectivity index is 2.88. The molecule has 0 saturated carbocycles. The molecule has 0 aromatic carbocycles. The fraction of sp³-hybridized carbons (Fsp3) is 0.250. The van der Waals surface area contributed by atoms with E-state index in [2.05, 4.69) is 4.99 Å². The van der Waals surface area contributed by atoms with Crippen LogP contribution in [0.2, 0.25) is 0 Å². The zero-order valence-electron chi connectivity index (χ0n) is 5.36. The van der Waals surface area contributed by atoms with Crippen LogP contribution in [0.3, 0.4) is 0 Å². The second-order valence-electron chi connectivity index (χ2n) is 1.94. The van der Waals surface area contributed by atoms with Crippen molar-refractivity contribution in [3.63, 3.8) is 0 Å². The van der Waals surface area contributed by atoms with Crippen LogP contribution in [0.25, 0.3) is 0 Å². The lowest BCUT2D eigenvalue weighted by Crippen LogP contribution is -2.50. The summed E-state index contributed by atoms with van der Waals surface area (Å²) in [6, 6.07) is 0. The Kier molecular flexibility index (Phi) is 1.48. The van der Waals surface area contributed by atoms with E-state index >= 15 is 0 Å². The van der Waals surface area contributed by atoms with E-state index in [1.165, 1.54) is 6.21 Å². The highest BCUT2D eigenvalue weighted by atomic mass is 15.5. The van der Waals surface area contributed by atoms with E-state index < -0.39 is 6.29 Å². The lowest BCUT2D eigenvalue weighted by Gasteiger charge is -2.26. The van der Waals surface area contributed by atoms with E-state index in [-0.39, 0.29) is 5.82 Å². The van der Waals surface area contributed by atoms with Gasteiger partial charge in [0.05, 0.1) is 11.9 Å². The molecule has 0 aliphatic carbocycles. The number of rotatable bonds is 0. The van der Waals surface area contributed by atoms with E-state index in [0.717, 1.165) is 5.01 Å². The van der Waals surface area contributed by atoms with Crippen LogP contribution in [0.5, 0.6) is 0 Å². The topological polar surface area (TPSA) is 120 Å². The maximum Gasteiger partial charge on any atom is 0.188 e. The molecule has 1 heterocycles. The van der Waals surface area contributed by atoms with Crippen molar-refractivity contribution in [3.8, 4) is 0 Å². The van der Waals surface area contributed by atoms with Gasteiger partial charge in [0.2, 0.25) is 0 Å². The minimum Gasteiger partial charge on any atom is -0.395 e. The van der Waals surface area contributed by atoms with Gasteiger partial charge in [-0.25, -0.2) is 5.84 Å². The molecule has 6 heteroatoms. The molecular formula is C4H10N6. The maximum absolute atomic E-state index is 5.40. The van der Waals surface area contributed by atoms with Crippen molar-refractivity contribution in [2.45, 2.75) is 6.29 Å². The fourth-order valence-corrected chi connectivity index (χ4v) is 0.586. The van der Waals surface area contributed by atoms with Gasteiger partial charge in [-0.15, -0.1) is 0 Å². The SMILES string of the molecule is NC1=C(N)N(N)C(N)N=C1. The van der Waals surface area contributed by atoms with Gasteiger partial charge in [0, 0.05) is 0 Å². The second kappa shape index (κ2) is 2.16. The molecule has 1 aliphatic heterocycles. The van der Waals surface area contributed by atoms with Crippen molar-refractivity contribution in [2.75, 3.05) is 0 Å². The molecular weight excluding hydrogens is 132 g/mol. The zero-order valence-corrected chi connectivity index (χ0v) is 5.36. The van der Waals surface area contributed by atoms with Crippen LogP contribution in [0.1, 0.15) is 0 Å². The summed E-state index contributed by atoms with van der Waals surface area (Å²) in [7, 11) is 0. The van der Waals surface area contributed by atoms with Gasteiger partial charge in [0.1, 0.15) is 5.82 Å². The molecule has 56 valence electrons. The number of hydrogen-bond donors (Lipinski definition) is 4. The van der Waals surface area contributed by atoms with Gasteiger partial charge in [0.15, 0.2) is 6.29 Å². The van der Waals surface area contributed by atoms with Crippen LogP contribution >= 0.6 is 0 Å². The summed E-state index contributed by atoms with van der Waals surface area (Å²) in [4.78, 5) is 3.73. The Morgan fingerprint density at radius 2 is 2.10 bits per heavy atom. The first-order valence-electron chi connectivity index (χ1n) is 2.71. The van der Waals surface area contributed by atoms with Crippen molar-refractivity contribution in [3.05, 3.63) is 11.5 Å². The van der Waals surface area contributed by atoms with Gasteiger partial charge in [-0.3, -0.25) is 15.7 Å². The molecule has 1 unspecified atom stereocenters. The van der Waals surface area contributed by atoms with E-state index in [9.17, 15) is 0 Å². The molecule has 8 N–H and O–H groups in total. The Labute approximate surface area is 58.1 Å². The molecule has 0 aromatic rings. The highest BCUT2D eigenvalue weighted by Crippen LogP contribution is 2.02. The normalized spacial score (nSPS) is 25.8. The Morgan fingerprint density at radius 1 is 1.50 bits per heavy atom. The van der Waals surface area contributed by atoms with Crippen LogP contribution in [0.15, 0.2) is 16.5 Å². The van der Waals surface area contributed by atoms with Crippen molar-refractivity contribution in [1.29, 1.82) is 0 Å². The first-order valence-corrected chi connectivity index (χ1v) is 2.71. The van der Waals surface area contributed by atoms with Crippen LogP contribution in [0.4, 0.5) is 0 Å². The smallest absolute Gasteiger partial charge is 0.188 e. The monoisotopic (exact) mass is 142 g/mol. The molecule has 0 radical (unpaired) electrons. The Morgan fingerprint density at radius 3 is 2.60 bits per heavy atom. The van der Waals surface area contributed by atoms with E-state index in [0.29, 0.717) is 5.70 Å².